The number of rotatable bonds is 6. The predicted octanol–water partition coefficient (Wildman–Crippen LogP) is 1.62. The maximum Gasteiger partial charge on any atom is 0.203 e. The molecular weight excluding hydrogens is 192 g/mol. The fraction of sp³-hybridized carbons (Fsp3) is 0.545. The van der Waals surface area contributed by atoms with Crippen LogP contribution in [0.25, 0.3) is 0 Å². The molecule has 1 heterocycles. The molecule has 0 radical (unpaired) electrons. The van der Waals surface area contributed by atoms with E-state index in [1.54, 1.807) is 6.07 Å². The molecule has 0 atom stereocenters. The zero-order valence-corrected chi connectivity index (χ0v) is 9.19. The molecule has 0 saturated heterocycles. The highest BCUT2D eigenvalue weighted by molar-refractivity contribution is 5.18. The normalized spacial score (nSPS) is 10.5. The van der Waals surface area contributed by atoms with Crippen LogP contribution in [-0.2, 0) is 11.3 Å². The second-order valence-electron chi connectivity index (χ2n) is 3.31. The van der Waals surface area contributed by atoms with Gasteiger partial charge in [-0.2, -0.15) is 5.26 Å². The Kier molecular flexibility index (Phi) is 4.88. The van der Waals surface area contributed by atoms with Gasteiger partial charge in [-0.3, -0.25) is 4.90 Å². The summed E-state index contributed by atoms with van der Waals surface area (Å²) in [5, 5.41) is 8.58. The molecule has 15 heavy (non-hydrogen) atoms. The maximum absolute atomic E-state index is 8.58. The van der Waals surface area contributed by atoms with Crippen molar-refractivity contribution in [2.75, 3.05) is 26.8 Å². The lowest BCUT2D eigenvalue weighted by Crippen LogP contribution is -2.22. The van der Waals surface area contributed by atoms with Crippen molar-refractivity contribution in [2.24, 2.45) is 0 Å². The summed E-state index contributed by atoms with van der Waals surface area (Å²) >= 11 is 0. The number of ether oxygens (including phenoxy) is 1. The molecule has 1 aromatic rings. The van der Waals surface area contributed by atoms with E-state index in [1.165, 1.54) is 0 Å². The van der Waals surface area contributed by atoms with Crippen molar-refractivity contribution in [3.05, 3.63) is 23.7 Å². The predicted molar refractivity (Wildman–Crippen MR) is 56.3 cm³/mol. The maximum atomic E-state index is 8.58. The van der Waals surface area contributed by atoms with Crippen LogP contribution in [0.2, 0.25) is 0 Å². The molecule has 0 aliphatic carbocycles. The number of hydrogen-bond acceptors (Lipinski definition) is 4. The third kappa shape index (κ3) is 4.15. The first-order valence-corrected chi connectivity index (χ1v) is 5.01. The summed E-state index contributed by atoms with van der Waals surface area (Å²) in [4.78, 5) is 2.09. The van der Waals surface area contributed by atoms with Crippen molar-refractivity contribution in [1.29, 1.82) is 5.26 Å². The monoisotopic (exact) mass is 208 g/mol. The fourth-order valence-electron chi connectivity index (χ4n) is 1.23. The number of nitrogens with zero attached hydrogens (tertiary/aromatic N) is 2. The van der Waals surface area contributed by atoms with Gasteiger partial charge in [0, 0.05) is 13.2 Å². The first kappa shape index (κ1) is 11.8. The van der Waals surface area contributed by atoms with E-state index in [0.29, 0.717) is 12.3 Å². The minimum atomic E-state index is 0.364. The lowest BCUT2D eigenvalue weighted by Gasteiger charge is -2.14. The van der Waals surface area contributed by atoms with E-state index in [9.17, 15) is 0 Å². The van der Waals surface area contributed by atoms with Crippen LogP contribution in [-0.4, -0.2) is 31.7 Å². The Morgan fingerprint density at radius 1 is 1.53 bits per heavy atom. The van der Waals surface area contributed by atoms with Crippen LogP contribution < -0.4 is 0 Å². The number of likely N-dealkylation sites (N-methyl/N-ethyl adjacent to an activating group) is 1. The van der Waals surface area contributed by atoms with Crippen molar-refractivity contribution >= 4 is 0 Å². The van der Waals surface area contributed by atoms with E-state index in [-0.39, 0.29) is 0 Å². The summed E-state index contributed by atoms with van der Waals surface area (Å²) in [5.41, 5.74) is 0. The average Bonchev–Trinajstić information content (AvgIpc) is 2.66. The summed E-state index contributed by atoms with van der Waals surface area (Å²) in [6.45, 7) is 5.00. The van der Waals surface area contributed by atoms with Crippen molar-refractivity contribution in [3.8, 4) is 6.07 Å². The molecule has 0 amide bonds. The molecule has 0 aliphatic rings. The molecule has 4 nitrogen and oxygen atoms in total. The third-order valence-corrected chi connectivity index (χ3v) is 2.02. The Balaban J connectivity index is 2.31. The number of nitriles is 1. The Morgan fingerprint density at radius 3 is 2.93 bits per heavy atom. The van der Waals surface area contributed by atoms with Crippen molar-refractivity contribution in [2.45, 2.75) is 13.5 Å². The lowest BCUT2D eigenvalue weighted by molar-refractivity contribution is 0.118. The first-order valence-electron chi connectivity index (χ1n) is 5.01. The molecule has 0 spiro atoms. The minimum absolute atomic E-state index is 0.364. The fourth-order valence-corrected chi connectivity index (χ4v) is 1.23. The molecule has 0 aliphatic heterocycles. The summed E-state index contributed by atoms with van der Waals surface area (Å²) in [6, 6.07) is 5.48. The molecule has 0 saturated carbocycles. The van der Waals surface area contributed by atoms with Gasteiger partial charge in [-0.05, 0) is 26.1 Å². The second kappa shape index (κ2) is 6.23. The van der Waals surface area contributed by atoms with Crippen LogP contribution in [0.1, 0.15) is 18.4 Å². The van der Waals surface area contributed by atoms with Crippen LogP contribution in [0.5, 0.6) is 0 Å². The molecule has 82 valence electrons. The van der Waals surface area contributed by atoms with E-state index in [0.717, 1.165) is 25.5 Å². The molecule has 1 rings (SSSR count). The van der Waals surface area contributed by atoms with Gasteiger partial charge < -0.3 is 9.15 Å². The largest absolute Gasteiger partial charge is 0.449 e. The molecule has 0 fully saturated rings. The molecular formula is C11H16N2O2. The zero-order valence-electron chi connectivity index (χ0n) is 9.19. The van der Waals surface area contributed by atoms with E-state index in [2.05, 4.69) is 4.90 Å². The smallest absolute Gasteiger partial charge is 0.203 e. The van der Waals surface area contributed by atoms with Crippen LogP contribution >= 0.6 is 0 Å². The summed E-state index contributed by atoms with van der Waals surface area (Å²) in [7, 11) is 1.99. The standard InChI is InChI=1S/C11H16N2O2/c1-3-14-7-6-13(2)9-11-5-4-10(8-12)15-11/h4-5H,3,6-7,9H2,1-2H3. The van der Waals surface area contributed by atoms with E-state index in [4.69, 9.17) is 14.4 Å². The van der Waals surface area contributed by atoms with Gasteiger partial charge in [0.05, 0.1) is 13.2 Å². The van der Waals surface area contributed by atoms with Crippen molar-refractivity contribution < 1.29 is 9.15 Å². The van der Waals surface area contributed by atoms with E-state index < -0.39 is 0 Å². The summed E-state index contributed by atoms with van der Waals surface area (Å²) in [5.74, 6) is 1.17. The zero-order chi connectivity index (χ0) is 11.1. The molecule has 0 N–H and O–H groups in total. The topological polar surface area (TPSA) is 49.4 Å². The molecule has 4 heteroatoms. The first-order chi connectivity index (χ1) is 7.26. The third-order valence-electron chi connectivity index (χ3n) is 2.02. The second-order valence-corrected chi connectivity index (χ2v) is 3.31. The van der Waals surface area contributed by atoms with Gasteiger partial charge >= 0.3 is 0 Å². The van der Waals surface area contributed by atoms with Gasteiger partial charge in [-0.15, -0.1) is 0 Å². The van der Waals surface area contributed by atoms with Gasteiger partial charge in [0.1, 0.15) is 11.8 Å². The van der Waals surface area contributed by atoms with Crippen LogP contribution in [0.3, 0.4) is 0 Å². The van der Waals surface area contributed by atoms with Crippen LogP contribution in [0, 0.1) is 11.3 Å². The SMILES string of the molecule is CCOCCN(C)Cc1ccc(C#N)o1. The molecule has 0 aromatic carbocycles. The average molecular weight is 208 g/mol. The van der Waals surface area contributed by atoms with Crippen molar-refractivity contribution in [3.63, 3.8) is 0 Å². The Labute approximate surface area is 90.0 Å². The van der Waals surface area contributed by atoms with Gasteiger partial charge in [0.2, 0.25) is 5.76 Å². The van der Waals surface area contributed by atoms with Crippen LogP contribution in [0.15, 0.2) is 16.5 Å². The van der Waals surface area contributed by atoms with Gasteiger partial charge in [0.15, 0.2) is 0 Å². The number of furan rings is 1. The highest BCUT2D eigenvalue weighted by Crippen LogP contribution is 2.08. The Bertz CT molecular complexity index is 328. The summed E-state index contributed by atoms with van der Waals surface area (Å²) in [6.07, 6.45) is 0. The number of hydrogen-bond donors (Lipinski definition) is 0. The van der Waals surface area contributed by atoms with E-state index in [1.807, 2.05) is 26.1 Å². The summed E-state index contributed by atoms with van der Waals surface area (Å²) < 4.78 is 10.5. The van der Waals surface area contributed by atoms with Crippen LogP contribution in [0.4, 0.5) is 0 Å². The Morgan fingerprint density at radius 2 is 2.33 bits per heavy atom. The highest BCUT2D eigenvalue weighted by atomic mass is 16.5. The Hall–Kier alpha value is -1.31. The molecule has 0 bridgehead atoms. The minimum Gasteiger partial charge on any atom is -0.449 e. The molecule has 1 aromatic heterocycles. The lowest BCUT2D eigenvalue weighted by atomic mass is 10.4. The molecule has 0 unspecified atom stereocenters. The van der Waals surface area contributed by atoms with Gasteiger partial charge in [-0.1, -0.05) is 0 Å². The van der Waals surface area contributed by atoms with E-state index >= 15 is 0 Å². The van der Waals surface area contributed by atoms with Crippen molar-refractivity contribution in [1.82, 2.24) is 4.90 Å². The highest BCUT2D eigenvalue weighted by Gasteiger charge is 2.04. The quantitative estimate of drug-likeness (QED) is 0.666. The van der Waals surface area contributed by atoms with Gasteiger partial charge in [0.25, 0.3) is 0 Å². The van der Waals surface area contributed by atoms with Gasteiger partial charge in [-0.25, -0.2) is 0 Å².